The Morgan fingerprint density at radius 3 is 2.55 bits per heavy atom. The van der Waals surface area contributed by atoms with Crippen LogP contribution in [0.5, 0.6) is 5.75 Å². The quantitative estimate of drug-likeness (QED) is 0.769. The summed E-state index contributed by atoms with van der Waals surface area (Å²) in [5.74, 6) is 2.11. The Morgan fingerprint density at radius 1 is 1.10 bits per heavy atom. The van der Waals surface area contributed by atoms with Gasteiger partial charge in [0, 0.05) is 33.2 Å². The molecule has 4 rings (SSSR count). The van der Waals surface area contributed by atoms with Crippen molar-refractivity contribution in [3.63, 3.8) is 0 Å². The van der Waals surface area contributed by atoms with Gasteiger partial charge in [0.1, 0.15) is 24.0 Å². The van der Waals surface area contributed by atoms with Crippen molar-refractivity contribution in [2.75, 3.05) is 26.8 Å². The Balaban J connectivity index is 1.29. The van der Waals surface area contributed by atoms with Gasteiger partial charge in [-0.3, -0.25) is 4.79 Å². The lowest BCUT2D eigenvalue weighted by molar-refractivity contribution is -0.135. The zero-order valence-electron chi connectivity index (χ0n) is 16.8. The molecule has 29 heavy (non-hydrogen) atoms. The summed E-state index contributed by atoms with van der Waals surface area (Å²) >= 11 is 0. The fourth-order valence-electron chi connectivity index (χ4n) is 4.40. The molecule has 7 nitrogen and oxygen atoms in total. The highest BCUT2D eigenvalue weighted by Gasteiger charge is 2.37. The zero-order chi connectivity index (χ0) is 20.3. The average molecular weight is 402 g/mol. The highest BCUT2D eigenvalue weighted by atomic mass is 19.1. The van der Waals surface area contributed by atoms with Crippen molar-refractivity contribution >= 4 is 5.91 Å². The Hall–Kier alpha value is -2.48. The topological polar surface area (TPSA) is 69.5 Å². The number of halogens is 1. The molecular weight excluding hydrogens is 375 g/mol. The molecular formula is C21H27FN4O3. The normalized spacial score (nSPS) is 18.3. The molecule has 1 saturated heterocycles. The zero-order valence-corrected chi connectivity index (χ0v) is 16.8. The van der Waals surface area contributed by atoms with Gasteiger partial charge in [0.15, 0.2) is 12.4 Å². The van der Waals surface area contributed by atoms with E-state index in [2.05, 4.69) is 14.8 Å². The molecule has 1 amide bonds. The molecule has 2 aromatic rings. The van der Waals surface area contributed by atoms with E-state index in [1.807, 2.05) is 4.90 Å². The van der Waals surface area contributed by atoms with E-state index in [1.54, 1.807) is 7.11 Å². The largest absolute Gasteiger partial charge is 0.484 e. The first-order valence-electron chi connectivity index (χ1n) is 10.1. The third-order valence-electron chi connectivity index (χ3n) is 6.27. The SMILES string of the molecule is COCc1nnc2n1CCC1(CC2)CCN(C(=O)COc2ccc(F)cc2)CC1. The number of benzene rings is 1. The van der Waals surface area contributed by atoms with Crippen molar-refractivity contribution in [2.24, 2.45) is 5.41 Å². The van der Waals surface area contributed by atoms with Crippen molar-refractivity contribution < 1.29 is 18.7 Å². The molecule has 1 spiro atoms. The van der Waals surface area contributed by atoms with Crippen LogP contribution in [0.1, 0.15) is 37.3 Å². The molecule has 0 aliphatic carbocycles. The number of aryl methyl sites for hydroxylation is 1. The fourth-order valence-corrected chi connectivity index (χ4v) is 4.40. The van der Waals surface area contributed by atoms with Gasteiger partial charge >= 0.3 is 0 Å². The van der Waals surface area contributed by atoms with E-state index in [9.17, 15) is 9.18 Å². The summed E-state index contributed by atoms with van der Waals surface area (Å²) in [6.07, 6.45) is 5.05. The predicted octanol–water partition coefficient (Wildman–Crippen LogP) is 2.59. The maximum atomic E-state index is 13.0. The highest BCUT2D eigenvalue weighted by Crippen LogP contribution is 2.41. The molecule has 8 heteroatoms. The summed E-state index contributed by atoms with van der Waals surface area (Å²) in [4.78, 5) is 14.4. The van der Waals surface area contributed by atoms with E-state index in [0.29, 0.717) is 12.4 Å². The summed E-state index contributed by atoms with van der Waals surface area (Å²) in [6, 6.07) is 5.73. The number of amides is 1. The van der Waals surface area contributed by atoms with Gasteiger partial charge in [0.25, 0.3) is 5.91 Å². The first-order chi connectivity index (χ1) is 14.1. The summed E-state index contributed by atoms with van der Waals surface area (Å²) in [5, 5.41) is 8.59. The minimum Gasteiger partial charge on any atom is -0.484 e. The lowest BCUT2D eigenvalue weighted by Gasteiger charge is -2.41. The Kier molecular flexibility index (Phi) is 5.80. The molecule has 0 N–H and O–H groups in total. The molecule has 0 radical (unpaired) electrons. The molecule has 2 aliphatic heterocycles. The summed E-state index contributed by atoms with van der Waals surface area (Å²) in [6.45, 7) is 2.87. The van der Waals surface area contributed by atoms with Crippen LogP contribution < -0.4 is 4.74 Å². The molecule has 3 heterocycles. The van der Waals surface area contributed by atoms with Crippen LogP contribution in [0.3, 0.4) is 0 Å². The Bertz CT molecular complexity index is 844. The number of hydrogen-bond acceptors (Lipinski definition) is 5. The molecule has 0 atom stereocenters. The van der Waals surface area contributed by atoms with Gasteiger partial charge in [-0.25, -0.2) is 4.39 Å². The van der Waals surface area contributed by atoms with Crippen LogP contribution in [-0.2, 0) is 29.1 Å². The number of carbonyl (C=O) groups is 1. The second kappa shape index (κ2) is 8.49. The van der Waals surface area contributed by atoms with E-state index in [1.165, 1.54) is 24.3 Å². The Morgan fingerprint density at radius 2 is 1.83 bits per heavy atom. The van der Waals surface area contributed by atoms with Crippen molar-refractivity contribution in [3.05, 3.63) is 41.7 Å². The van der Waals surface area contributed by atoms with Gasteiger partial charge in [-0.05, 0) is 55.4 Å². The van der Waals surface area contributed by atoms with Crippen molar-refractivity contribution in [1.82, 2.24) is 19.7 Å². The van der Waals surface area contributed by atoms with E-state index < -0.39 is 0 Å². The first kappa shape index (κ1) is 19.8. The van der Waals surface area contributed by atoms with Crippen LogP contribution in [0.25, 0.3) is 0 Å². The highest BCUT2D eigenvalue weighted by molar-refractivity contribution is 5.77. The molecule has 0 bridgehead atoms. The maximum absolute atomic E-state index is 13.0. The third-order valence-corrected chi connectivity index (χ3v) is 6.27. The van der Waals surface area contributed by atoms with Crippen LogP contribution >= 0.6 is 0 Å². The summed E-state index contributed by atoms with van der Waals surface area (Å²) in [5.41, 5.74) is 0.250. The van der Waals surface area contributed by atoms with Crippen LogP contribution in [0.15, 0.2) is 24.3 Å². The van der Waals surface area contributed by atoms with E-state index in [0.717, 1.165) is 63.4 Å². The van der Waals surface area contributed by atoms with E-state index >= 15 is 0 Å². The van der Waals surface area contributed by atoms with Crippen LogP contribution in [0, 0.1) is 11.2 Å². The fraction of sp³-hybridized carbons (Fsp3) is 0.571. The van der Waals surface area contributed by atoms with Crippen molar-refractivity contribution in [2.45, 2.75) is 45.3 Å². The lowest BCUT2D eigenvalue weighted by atomic mass is 9.73. The molecule has 0 unspecified atom stereocenters. The number of nitrogens with zero attached hydrogens (tertiary/aromatic N) is 4. The minimum atomic E-state index is -0.319. The van der Waals surface area contributed by atoms with Crippen molar-refractivity contribution in [3.8, 4) is 5.75 Å². The van der Waals surface area contributed by atoms with Crippen LogP contribution in [0.2, 0.25) is 0 Å². The number of rotatable bonds is 5. The van der Waals surface area contributed by atoms with Gasteiger partial charge < -0.3 is 18.9 Å². The number of piperidine rings is 1. The second-order valence-electron chi connectivity index (χ2n) is 7.99. The molecule has 2 aliphatic rings. The smallest absolute Gasteiger partial charge is 0.260 e. The second-order valence-corrected chi connectivity index (χ2v) is 7.99. The standard InChI is InChI=1S/C21H27FN4O3/c1-28-14-19-24-23-18-6-7-21(10-13-26(18)19)8-11-25(12-9-21)20(27)15-29-17-4-2-16(22)3-5-17/h2-5H,6-15H2,1H3. The van der Waals surface area contributed by atoms with Crippen LogP contribution in [-0.4, -0.2) is 52.4 Å². The number of hydrogen-bond donors (Lipinski definition) is 0. The first-order valence-corrected chi connectivity index (χ1v) is 10.1. The lowest BCUT2D eigenvalue weighted by Crippen LogP contribution is -2.45. The monoisotopic (exact) mass is 402 g/mol. The Labute approximate surface area is 169 Å². The number of aromatic nitrogens is 3. The summed E-state index contributed by atoms with van der Waals surface area (Å²) in [7, 11) is 1.67. The van der Waals surface area contributed by atoms with Crippen LogP contribution in [0.4, 0.5) is 4.39 Å². The summed E-state index contributed by atoms with van der Waals surface area (Å²) < 4.78 is 25.9. The van der Waals surface area contributed by atoms with Gasteiger partial charge in [-0.1, -0.05) is 0 Å². The predicted molar refractivity (Wildman–Crippen MR) is 104 cm³/mol. The molecule has 1 aromatic carbocycles. The maximum Gasteiger partial charge on any atom is 0.260 e. The number of methoxy groups -OCH3 is 1. The minimum absolute atomic E-state index is 0.0138. The molecule has 156 valence electrons. The third kappa shape index (κ3) is 4.42. The van der Waals surface area contributed by atoms with Gasteiger partial charge in [-0.15, -0.1) is 10.2 Å². The van der Waals surface area contributed by atoms with Gasteiger partial charge in [0.2, 0.25) is 0 Å². The number of carbonyl (C=O) groups excluding carboxylic acids is 1. The van der Waals surface area contributed by atoms with Gasteiger partial charge in [0.05, 0.1) is 0 Å². The van der Waals surface area contributed by atoms with E-state index in [4.69, 9.17) is 9.47 Å². The van der Waals surface area contributed by atoms with E-state index in [-0.39, 0.29) is 23.7 Å². The average Bonchev–Trinajstić information content (AvgIpc) is 3.04. The van der Waals surface area contributed by atoms with Gasteiger partial charge in [-0.2, -0.15) is 0 Å². The number of likely N-dealkylation sites (tertiary alicyclic amines) is 1. The molecule has 1 fully saturated rings. The van der Waals surface area contributed by atoms with Crippen molar-refractivity contribution in [1.29, 1.82) is 0 Å². The molecule has 0 saturated carbocycles. The molecule has 1 aromatic heterocycles. The number of fused-ring (bicyclic) bond motifs is 1. The number of ether oxygens (including phenoxy) is 2.